The van der Waals surface area contributed by atoms with Crippen molar-refractivity contribution in [1.29, 1.82) is 0 Å². The zero-order valence-corrected chi connectivity index (χ0v) is 9.74. The lowest BCUT2D eigenvalue weighted by Crippen LogP contribution is -2.04. The molecule has 4 nitrogen and oxygen atoms in total. The molecule has 0 radical (unpaired) electrons. The van der Waals surface area contributed by atoms with E-state index in [1.165, 1.54) is 0 Å². The monoisotopic (exact) mass is 241 g/mol. The molecular formula is C14H13N2O2+. The topological polar surface area (TPSA) is 44.1 Å². The van der Waals surface area contributed by atoms with Crippen molar-refractivity contribution in [3.8, 4) is 0 Å². The van der Waals surface area contributed by atoms with E-state index in [2.05, 4.69) is 15.6 Å². The van der Waals surface area contributed by atoms with Gasteiger partial charge in [-0.2, -0.15) is 0 Å². The van der Waals surface area contributed by atoms with E-state index in [-0.39, 0.29) is 1.43 Å². The van der Waals surface area contributed by atoms with E-state index >= 15 is 0 Å². The predicted molar refractivity (Wildman–Crippen MR) is 70.4 cm³/mol. The molecule has 18 heavy (non-hydrogen) atoms. The van der Waals surface area contributed by atoms with Gasteiger partial charge in [0, 0.05) is 23.2 Å². The Bertz CT molecular complexity index is 709. The van der Waals surface area contributed by atoms with Crippen LogP contribution in [0.2, 0.25) is 0 Å². The van der Waals surface area contributed by atoms with Gasteiger partial charge in [0.05, 0.1) is 17.6 Å². The van der Waals surface area contributed by atoms with Crippen LogP contribution in [-0.4, -0.2) is 22.6 Å². The van der Waals surface area contributed by atoms with Crippen molar-refractivity contribution in [3.05, 3.63) is 42.7 Å². The summed E-state index contributed by atoms with van der Waals surface area (Å²) < 4.78 is 6.84. The van der Waals surface area contributed by atoms with Crippen LogP contribution in [-0.2, 0) is 16.1 Å². The molecule has 0 spiro atoms. The number of hydrogen-bond acceptors (Lipinski definition) is 3. The van der Waals surface area contributed by atoms with Gasteiger partial charge in [0.1, 0.15) is 6.61 Å². The molecule has 0 unspecified atom stereocenters. The van der Waals surface area contributed by atoms with Crippen LogP contribution < -0.4 is 0 Å². The number of carbonyl (C=O) groups is 1. The number of carbonyl (C=O) groups excluding carboxylic acids is 1. The van der Waals surface area contributed by atoms with Gasteiger partial charge < -0.3 is 9.30 Å². The first-order chi connectivity index (χ1) is 8.90. The molecule has 0 amide bonds. The molecule has 0 aliphatic rings. The van der Waals surface area contributed by atoms with Crippen molar-refractivity contribution in [1.82, 2.24) is 9.55 Å². The largest absolute Gasteiger partial charge is 1.00 e. The van der Waals surface area contributed by atoms with E-state index in [9.17, 15) is 4.79 Å². The quantitative estimate of drug-likeness (QED) is 0.520. The molecule has 2 aromatic heterocycles. The number of benzene rings is 1. The summed E-state index contributed by atoms with van der Waals surface area (Å²) in [6.07, 6.45) is 3.86. The number of hydrogen-bond donors (Lipinski definition) is 0. The second-order valence-electron chi connectivity index (χ2n) is 4.06. The van der Waals surface area contributed by atoms with E-state index in [0.717, 1.165) is 21.8 Å². The van der Waals surface area contributed by atoms with Crippen molar-refractivity contribution < 1.29 is 11.0 Å². The minimum Gasteiger partial charge on any atom is -0.466 e. The average molecular weight is 241 g/mol. The first kappa shape index (κ1) is 10.8. The third kappa shape index (κ3) is 1.72. The van der Waals surface area contributed by atoms with E-state index in [0.29, 0.717) is 19.6 Å². The number of pyridine rings is 1. The second-order valence-corrected chi connectivity index (χ2v) is 4.06. The van der Waals surface area contributed by atoms with Gasteiger partial charge in [-0.1, -0.05) is 18.2 Å². The molecule has 3 aromatic rings. The number of para-hydroxylation sites is 1. The van der Waals surface area contributed by atoms with Gasteiger partial charge in [0.15, 0.2) is 0 Å². The molecule has 0 N–H and O–H groups in total. The Hall–Kier alpha value is -2.36. The van der Waals surface area contributed by atoms with E-state index in [1.807, 2.05) is 36.7 Å². The Kier molecular flexibility index (Phi) is 2.68. The third-order valence-corrected chi connectivity index (χ3v) is 3.01. The predicted octanol–water partition coefficient (Wildman–Crippen LogP) is 2.48. The van der Waals surface area contributed by atoms with Crippen molar-refractivity contribution >= 4 is 28.3 Å². The lowest BCUT2D eigenvalue weighted by molar-refractivity contribution is -0.128. The Morgan fingerprint density at radius 3 is 3.11 bits per heavy atom. The minimum absolute atomic E-state index is 0. The van der Waals surface area contributed by atoms with Gasteiger partial charge >= 0.3 is 1.43 Å². The van der Waals surface area contributed by atoms with Gasteiger partial charge in [0.25, 0.3) is 6.47 Å². The Balaban J connectivity index is 0.00000133. The van der Waals surface area contributed by atoms with Crippen molar-refractivity contribution in [2.45, 2.75) is 6.54 Å². The molecule has 0 atom stereocenters. The SMILES string of the molecule is O=COCCn1ccc2cnc3ccccc3c21.[H+]. The second kappa shape index (κ2) is 4.49. The molecule has 0 aliphatic carbocycles. The Labute approximate surface area is 105 Å². The van der Waals surface area contributed by atoms with Crippen LogP contribution >= 0.6 is 0 Å². The van der Waals surface area contributed by atoms with Gasteiger partial charge in [0.2, 0.25) is 0 Å². The standard InChI is InChI=1S/C14H12N2O2/c17-10-18-8-7-16-6-5-11-9-15-13-4-2-1-3-12(13)14(11)16/h1-6,9-10H,7-8H2/p+1. The molecule has 4 heteroatoms. The molecule has 0 bridgehead atoms. The van der Waals surface area contributed by atoms with Gasteiger partial charge in [-0.3, -0.25) is 9.78 Å². The minimum atomic E-state index is 0. The molecular weight excluding hydrogens is 228 g/mol. The van der Waals surface area contributed by atoms with Crippen LogP contribution in [0.3, 0.4) is 0 Å². The zero-order valence-electron chi connectivity index (χ0n) is 10.7. The molecule has 0 fully saturated rings. The number of rotatable bonds is 4. The molecule has 3 rings (SSSR count). The summed E-state index contributed by atoms with van der Waals surface area (Å²) in [5.74, 6) is 0. The molecule has 0 saturated carbocycles. The van der Waals surface area contributed by atoms with Crippen LogP contribution in [0.5, 0.6) is 0 Å². The highest BCUT2D eigenvalue weighted by atomic mass is 16.5. The Morgan fingerprint density at radius 2 is 2.22 bits per heavy atom. The summed E-state index contributed by atoms with van der Waals surface area (Å²) in [5, 5.41) is 2.21. The highest BCUT2D eigenvalue weighted by Gasteiger charge is 2.06. The molecule has 2 heterocycles. The molecule has 0 saturated heterocycles. The summed E-state index contributed by atoms with van der Waals surface area (Å²) in [6.45, 7) is 1.51. The van der Waals surface area contributed by atoms with E-state index in [4.69, 9.17) is 4.74 Å². The maximum absolute atomic E-state index is 10.2. The van der Waals surface area contributed by atoms with Crippen LogP contribution in [0.1, 0.15) is 1.43 Å². The van der Waals surface area contributed by atoms with Crippen LogP contribution in [0, 0.1) is 0 Å². The zero-order chi connectivity index (χ0) is 12.4. The fourth-order valence-electron chi connectivity index (χ4n) is 2.22. The number of aromatic nitrogens is 2. The van der Waals surface area contributed by atoms with Crippen LogP contribution in [0.25, 0.3) is 21.8 Å². The lowest BCUT2D eigenvalue weighted by atomic mass is 10.2. The van der Waals surface area contributed by atoms with Gasteiger partial charge in [-0.15, -0.1) is 0 Å². The third-order valence-electron chi connectivity index (χ3n) is 3.01. The highest BCUT2D eigenvalue weighted by Crippen LogP contribution is 2.24. The van der Waals surface area contributed by atoms with Gasteiger partial charge in [-0.05, 0) is 12.1 Å². The average Bonchev–Trinajstić information content (AvgIpc) is 2.83. The Morgan fingerprint density at radius 1 is 1.33 bits per heavy atom. The number of nitrogens with zero attached hydrogens (tertiary/aromatic N) is 2. The fraction of sp³-hybridized carbons (Fsp3) is 0.143. The molecule has 90 valence electrons. The summed E-state index contributed by atoms with van der Waals surface area (Å²) in [7, 11) is 0. The molecule has 0 aliphatic heterocycles. The van der Waals surface area contributed by atoms with Crippen molar-refractivity contribution in [3.63, 3.8) is 0 Å². The number of fused-ring (bicyclic) bond motifs is 3. The summed E-state index contributed by atoms with van der Waals surface area (Å²) in [4.78, 5) is 14.6. The number of ether oxygens (including phenoxy) is 1. The van der Waals surface area contributed by atoms with Crippen LogP contribution in [0.15, 0.2) is 42.7 Å². The first-order valence-electron chi connectivity index (χ1n) is 5.78. The van der Waals surface area contributed by atoms with Gasteiger partial charge in [-0.25, -0.2) is 0 Å². The van der Waals surface area contributed by atoms with E-state index < -0.39 is 0 Å². The first-order valence-corrected chi connectivity index (χ1v) is 5.78. The highest BCUT2D eigenvalue weighted by molar-refractivity contribution is 6.03. The maximum Gasteiger partial charge on any atom is 1.00 e. The molecule has 1 aromatic carbocycles. The summed E-state index contributed by atoms with van der Waals surface area (Å²) in [6, 6.07) is 10.1. The van der Waals surface area contributed by atoms with Crippen LogP contribution in [0.4, 0.5) is 0 Å². The lowest BCUT2D eigenvalue weighted by Gasteiger charge is -2.06. The summed E-state index contributed by atoms with van der Waals surface area (Å²) in [5.41, 5.74) is 2.11. The van der Waals surface area contributed by atoms with E-state index in [1.54, 1.807) is 0 Å². The van der Waals surface area contributed by atoms with Crippen molar-refractivity contribution in [2.75, 3.05) is 6.61 Å². The fourth-order valence-corrected chi connectivity index (χ4v) is 2.22. The maximum atomic E-state index is 10.2. The smallest absolute Gasteiger partial charge is 0.466 e. The summed E-state index contributed by atoms with van der Waals surface area (Å²) >= 11 is 0. The van der Waals surface area contributed by atoms with Crippen molar-refractivity contribution in [2.24, 2.45) is 0 Å². The normalized spacial score (nSPS) is 10.9.